The van der Waals surface area contributed by atoms with Crippen LogP contribution < -0.4 is 5.32 Å². The minimum atomic E-state index is -2.56. The molecule has 0 aromatic heterocycles. The molecule has 18 heavy (non-hydrogen) atoms. The van der Waals surface area contributed by atoms with E-state index < -0.39 is 18.3 Å². The number of rotatable bonds is 2. The summed E-state index contributed by atoms with van der Waals surface area (Å²) in [7, 11) is 0. The molecule has 1 unspecified atom stereocenters. The van der Waals surface area contributed by atoms with Crippen LogP contribution in [-0.4, -0.2) is 11.8 Å². The highest BCUT2D eigenvalue weighted by Gasteiger charge is 2.28. The van der Waals surface area contributed by atoms with Crippen LogP contribution in [0.25, 0.3) is 0 Å². The molecule has 0 radical (unpaired) electrons. The maximum absolute atomic E-state index is 12.8. The lowest BCUT2D eigenvalue weighted by atomic mass is 9.89. The second kappa shape index (κ2) is 4.84. The number of alkyl halides is 2. The molecule has 0 aliphatic carbocycles. The molecule has 2 amide bonds. The van der Waals surface area contributed by atoms with Crippen LogP contribution in [0, 0.1) is 6.92 Å². The second-order valence-corrected chi connectivity index (χ2v) is 4.42. The number of carbonyl (C=O) groups is 2. The van der Waals surface area contributed by atoms with Crippen LogP contribution in [0.3, 0.4) is 0 Å². The number of aryl methyl sites for hydroxylation is 1. The number of hydrogen-bond acceptors (Lipinski definition) is 2. The summed E-state index contributed by atoms with van der Waals surface area (Å²) >= 11 is 0. The van der Waals surface area contributed by atoms with Gasteiger partial charge >= 0.3 is 0 Å². The van der Waals surface area contributed by atoms with Crippen LogP contribution >= 0.6 is 0 Å². The van der Waals surface area contributed by atoms with E-state index >= 15 is 0 Å². The average Bonchev–Trinajstić information content (AvgIpc) is 2.30. The van der Waals surface area contributed by atoms with Crippen molar-refractivity contribution in [3.05, 3.63) is 34.9 Å². The fourth-order valence-corrected chi connectivity index (χ4v) is 2.12. The summed E-state index contributed by atoms with van der Waals surface area (Å²) in [5, 5.41) is 2.23. The van der Waals surface area contributed by atoms with Crippen LogP contribution in [0.15, 0.2) is 18.2 Å². The fourth-order valence-electron chi connectivity index (χ4n) is 2.12. The number of benzene rings is 1. The molecule has 1 heterocycles. The van der Waals surface area contributed by atoms with Crippen molar-refractivity contribution in [2.24, 2.45) is 0 Å². The largest absolute Gasteiger partial charge is 0.296 e. The number of imide groups is 1. The highest BCUT2D eigenvalue weighted by molar-refractivity contribution is 6.00. The predicted octanol–water partition coefficient (Wildman–Crippen LogP) is 2.45. The Kier molecular flexibility index (Phi) is 3.41. The summed E-state index contributed by atoms with van der Waals surface area (Å²) in [5.41, 5.74) is 0.985. The molecule has 2 rings (SSSR count). The summed E-state index contributed by atoms with van der Waals surface area (Å²) < 4.78 is 25.6. The lowest BCUT2D eigenvalue weighted by Crippen LogP contribution is -2.39. The average molecular weight is 253 g/mol. The van der Waals surface area contributed by atoms with Crippen molar-refractivity contribution < 1.29 is 18.4 Å². The van der Waals surface area contributed by atoms with Gasteiger partial charge in [0.2, 0.25) is 11.8 Å². The van der Waals surface area contributed by atoms with Crippen molar-refractivity contribution in [1.82, 2.24) is 5.32 Å². The number of amides is 2. The summed E-state index contributed by atoms with van der Waals surface area (Å²) in [6.07, 6.45) is -1.94. The first-order chi connectivity index (χ1) is 8.49. The zero-order valence-corrected chi connectivity index (χ0v) is 9.87. The Hall–Kier alpha value is -1.78. The van der Waals surface area contributed by atoms with Crippen molar-refractivity contribution in [1.29, 1.82) is 0 Å². The van der Waals surface area contributed by atoms with E-state index in [1.54, 1.807) is 19.1 Å². The van der Waals surface area contributed by atoms with E-state index in [1.807, 2.05) is 0 Å². The Morgan fingerprint density at radius 3 is 2.67 bits per heavy atom. The molecule has 1 aromatic carbocycles. The molecule has 1 atom stereocenters. The van der Waals surface area contributed by atoms with Gasteiger partial charge in [-0.25, -0.2) is 8.78 Å². The molecule has 1 aliphatic heterocycles. The van der Waals surface area contributed by atoms with E-state index in [0.29, 0.717) is 17.5 Å². The lowest BCUT2D eigenvalue weighted by Gasteiger charge is -2.22. The third-order valence-corrected chi connectivity index (χ3v) is 3.18. The SMILES string of the molecule is Cc1ccc(C2CCC(=O)NC2=O)cc1C(F)F. The first-order valence-electron chi connectivity index (χ1n) is 5.71. The molecule has 1 saturated heterocycles. The van der Waals surface area contributed by atoms with Crippen molar-refractivity contribution in [2.45, 2.75) is 32.1 Å². The van der Waals surface area contributed by atoms with Gasteiger partial charge in [0, 0.05) is 12.0 Å². The Morgan fingerprint density at radius 2 is 2.06 bits per heavy atom. The van der Waals surface area contributed by atoms with Gasteiger partial charge in [-0.3, -0.25) is 14.9 Å². The normalized spacial score (nSPS) is 20.1. The zero-order valence-electron chi connectivity index (χ0n) is 9.87. The minimum Gasteiger partial charge on any atom is -0.296 e. The van der Waals surface area contributed by atoms with E-state index in [4.69, 9.17) is 0 Å². The smallest absolute Gasteiger partial charge is 0.264 e. The first-order valence-corrected chi connectivity index (χ1v) is 5.71. The molecule has 1 aliphatic rings. The highest BCUT2D eigenvalue weighted by Crippen LogP contribution is 2.30. The minimum absolute atomic E-state index is 0.0581. The standard InChI is InChI=1S/C13H13F2NO2/c1-7-2-3-8(6-10(7)12(14)15)9-4-5-11(17)16-13(9)18/h2-3,6,9,12H,4-5H2,1H3,(H,16,17,18). The summed E-state index contributed by atoms with van der Waals surface area (Å²) in [6, 6.07) is 4.61. The van der Waals surface area contributed by atoms with Crippen LogP contribution in [0.5, 0.6) is 0 Å². The maximum atomic E-state index is 12.8. The summed E-state index contributed by atoms with van der Waals surface area (Å²) in [5.74, 6) is -1.23. The van der Waals surface area contributed by atoms with Gasteiger partial charge < -0.3 is 0 Å². The molecule has 0 bridgehead atoms. The van der Waals surface area contributed by atoms with Gasteiger partial charge in [-0.15, -0.1) is 0 Å². The monoisotopic (exact) mass is 253 g/mol. The van der Waals surface area contributed by atoms with E-state index in [0.717, 1.165) is 0 Å². The van der Waals surface area contributed by atoms with Crippen molar-refractivity contribution in [2.75, 3.05) is 0 Å². The Balaban J connectivity index is 2.31. The van der Waals surface area contributed by atoms with Gasteiger partial charge in [0.1, 0.15) is 0 Å². The maximum Gasteiger partial charge on any atom is 0.264 e. The third-order valence-electron chi connectivity index (χ3n) is 3.18. The third kappa shape index (κ3) is 2.39. The molecule has 3 nitrogen and oxygen atoms in total. The van der Waals surface area contributed by atoms with Gasteiger partial charge in [0.05, 0.1) is 5.92 Å². The number of piperidine rings is 1. The molecule has 1 fully saturated rings. The highest BCUT2D eigenvalue weighted by atomic mass is 19.3. The van der Waals surface area contributed by atoms with Crippen molar-refractivity contribution in [3.63, 3.8) is 0 Å². The quantitative estimate of drug-likeness (QED) is 0.823. The van der Waals surface area contributed by atoms with Crippen molar-refractivity contribution in [3.8, 4) is 0 Å². The zero-order chi connectivity index (χ0) is 13.3. The number of halogens is 2. The fraction of sp³-hybridized carbons (Fsp3) is 0.385. The van der Waals surface area contributed by atoms with E-state index in [1.165, 1.54) is 6.07 Å². The molecule has 0 saturated carbocycles. The van der Waals surface area contributed by atoms with Crippen LogP contribution in [0.4, 0.5) is 8.78 Å². The van der Waals surface area contributed by atoms with Gasteiger partial charge in [0.25, 0.3) is 6.43 Å². The van der Waals surface area contributed by atoms with Crippen LogP contribution in [0.2, 0.25) is 0 Å². The number of hydrogen-bond donors (Lipinski definition) is 1. The topological polar surface area (TPSA) is 46.2 Å². The van der Waals surface area contributed by atoms with Gasteiger partial charge in [-0.05, 0) is 30.5 Å². The van der Waals surface area contributed by atoms with Crippen LogP contribution in [-0.2, 0) is 9.59 Å². The first kappa shape index (κ1) is 12.7. The molecule has 1 aromatic rings. The van der Waals surface area contributed by atoms with E-state index in [2.05, 4.69) is 5.32 Å². The number of carbonyl (C=O) groups excluding carboxylic acids is 2. The molecule has 5 heteroatoms. The molecule has 1 N–H and O–H groups in total. The summed E-state index contributed by atoms with van der Waals surface area (Å²) in [4.78, 5) is 22.7. The molecular formula is C13H13F2NO2. The van der Waals surface area contributed by atoms with Gasteiger partial charge in [-0.2, -0.15) is 0 Å². The van der Waals surface area contributed by atoms with Gasteiger partial charge in [-0.1, -0.05) is 12.1 Å². The Bertz CT molecular complexity index is 500. The molecule has 0 spiro atoms. The molecule has 96 valence electrons. The van der Waals surface area contributed by atoms with E-state index in [-0.39, 0.29) is 17.9 Å². The molecular weight excluding hydrogens is 240 g/mol. The second-order valence-electron chi connectivity index (χ2n) is 4.42. The Labute approximate surface area is 103 Å². The van der Waals surface area contributed by atoms with E-state index in [9.17, 15) is 18.4 Å². The van der Waals surface area contributed by atoms with Crippen molar-refractivity contribution >= 4 is 11.8 Å². The lowest BCUT2D eigenvalue weighted by molar-refractivity contribution is -0.134. The predicted molar refractivity (Wildman–Crippen MR) is 61.3 cm³/mol. The van der Waals surface area contributed by atoms with Gasteiger partial charge in [0.15, 0.2) is 0 Å². The van der Waals surface area contributed by atoms with Crippen LogP contribution in [0.1, 0.15) is 41.9 Å². The summed E-state index contributed by atoms with van der Waals surface area (Å²) in [6.45, 7) is 1.61. The number of nitrogens with one attached hydrogen (secondary N) is 1. The Morgan fingerprint density at radius 1 is 1.33 bits per heavy atom.